The molecule has 2 N–H and O–H groups in total. The maximum absolute atomic E-state index is 12.5. The van der Waals surface area contributed by atoms with Crippen molar-refractivity contribution in [1.82, 2.24) is 9.88 Å². The number of hydrogen-bond donors (Lipinski definition) is 2. The molecule has 0 aliphatic carbocycles. The predicted octanol–water partition coefficient (Wildman–Crippen LogP) is 1.82. The van der Waals surface area contributed by atoms with Gasteiger partial charge in [-0.15, -0.1) is 0 Å². The fourth-order valence-electron chi connectivity index (χ4n) is 1.84. The van der Waals surface area contributed by atoms with Crippen LogP contribution < -0.4 is 5.32 Å². The Bertz CT molecular complexity index is 492. The van der Waals surface area contributed by atoms with Gasteiger partial charge in [0.2, 0.25) is 0 Å². The van der Waals surface area contributed by atoms with Gasteiger partial charge in [-0.2, -0.15) is 13.2 Å². The van der Waals surface area contributed by atoms with Crippen molar-refractivity contribution in [1.29, 1.82) is 0 Å². The molecule has 0 saturated heterocycles. The molecule has 8 heteroatoms. The van der Waals surface area contributed by atoms with E-state index in [-0.39, 0.29) is 12.1 Å². The minimum absolute atomic E-state index is 0.108. The van der Waals surface area contributed by atoms with E-state index in [0.717, 1.165) is 0 Å². The van der Waals surface area contributed by atoms with Crippen LogP contribution in [0.15, 0.2) is 12.1 Å². The number of hydrogen-bond acceptors (Lipinski definition) is 4. The number of rotatable bonds is 6. The van der Waals surface area contributed by atoms with E-state index in [4.69, 9.17) is 5.11 Å². The van der Waals surface area contributed by atoms with E-state index in [9.17, 15) is 18.0 Å². The van der Waals surface area contributed by atoms with Gasteiger partial charge in [-0.1, -0.05) is 0 Å². The maximum atomic E-state index is 12.5. The molecule has 21 heavy (non-hydrogen) atoms. The van der Waals surface area contributed by atoms with Crippen LogP contribution in [-0.2, 0) is 0 Å². The highest BCUT2D eigenvalue weighted by Crippen LogP contribution is 2.19. The van der Waals surface area contributed by atoms with Crippen molar-refractivity contribution < 1.29 is 23.1 Å². The van der Waals surface area contributed by atoms with Crippen molar-refractivity contribution in [2.45, 2.75) is 20.0 Å². The summed E-state index contributed by atoms with van der Waals surface area (Å²) >= 11 is 0. The summed E-state index contributed by atoms with van der Waals surface area (Å²) in [4.78, 5) is 16.9. The van der Waals surface area contributed by atoms with Crippen molar-refractivity contribution in [3.05, 3.63) is 23.4 Å². The van der Waals surface area contributed by atoms with Crippen LogP contribution in [0.25, 0.3) is 0 Å². The molecule has 0 unspecified atom stereocenters. The first-order valence-electron chi connectivity index (χ1n) is 6.46. The summed E-state index contributed by atoms with van der Waals surface area (Å²) in [5.74, 6) is -0.358. The average Bonchev–Trinajstić information content (AvgIpc) is 2.35. The minimum atomic E-state index is -4.52. The van der Waals surface area contributed by atoms with E-state index < -0.39 is 25.2 Å². The van der Waals surface area contributed by atoms with Crippen LogP contribution in [0, 0.1) is 6.92 Å². The van der Waals surface area contributed by atoms with Gasteiger partial charge in [-0.05, 0) is 26.0 Å². The Morgan fingerprint density at radius 3 is 2.62 bits per heavy atom. The average molecular weight is 305 g/mol. The van der Waals surface area contributed by atoms with Crippen LogP contribution >= 0.6 is 0 Å². The Balaban J connectivity index is 3.02. The number of aryl methyl sites for hydroxylation is 1. The number of halogens is 3. The Morgan fingerprint density at radius 2 is 2.10 bits per heavy atom. The maximum Gasteiger partial charge on any atom is 0.406 e. The van der Waals surface area contributed by atoms with Crippen LogP contribution in [0.4, 0.5) is 19.0 Å². The predicted molar refractivity (Wildman–Crippen MR) is 72.2 cm³/mol. The van der Waals surface area contributed by atoms with Gasteiger partial charge in [-0.3, -0.25) is 4.79 Å². The second kappa shape index (κ2) is 7.26. The smallest absolute Gasteiger partial charge is 0.395 e. The molecule has 0 spiro atoms. The van der Waals surface area contributed by atoms with Crippen molar-refractivity contribution in [2.75, 3.05) is 31.6 Å². The first kappa shape index (κ1) is 17.2. The first-order valence-corrected chi connectivity index (χ1v) is 6.46. The normalized spacial score (nSPS) is 11.3. The molecule has 1 aromatic heterocycles. The van der Waals surface area contributed by atoms with Crippen molar-refractivity contribution in [3.63, 3.8) is 0 Å². The zero-order chi connectivity index (χ0) is 16.0. The summed E-state index contributed by atoms with van der Waals surface area (Å²) in [6, 6.07) is 2.82. The lowest BCUT2D eigenvalue weighted by Crippen LogP contribution is -2.40. The summed E-state index contributed by atoms with van der Waals surface area (Å²) < 4.78 is 37.5. The summed E-state index contributed by atoms with van der Waals surface area (Å²) in [5.41, 5.74) is 0.629. The van der Waals surface area contributed by atoms with E-state index in [1.54, 1.807) is 6.92 Å². The van der Waals surface area contributed by atoms with E-state index >= 15 is 0 Å². The number of anilines is 1. The molecule has 0 radical (unpaired) electrons. The molecule has 0 atom stereocenters. The SMILES string of the molecule is CCNc1cc(C(=O)N(CCO)CC(F)(F)F)cc(C)n1. The Kier molecular flexibility index (Phi) is 5.95. The van der Waals surface area contributed by atoms with Gasteiger partial charge >= 0.3 is 6.18 Å². The second-order valence-electron chi connectivity index (χ2n) is 4.48. The summed E-state index contributed by atoms with van der Waals surface area (Å²) in [5, 5.41) is 11.7. The Morgan fingerprint density at radius 1 is 1.43 bits per heavy atom. The third kappa shape index (κ3) is 5.58. The van der Waals surface area contributed by atoms with Crippen molar-refractivity contribution in [2.24, 2.45) is 0 Å². The van der Waals surface area contributed by atoms with Gasteiger partial charge in [0, 0.05) is 24.3 Å². The molecule has 0 saturated carbocycles. The second-order valence-corrected chi connectivity index (χ2v) is 4.48. The fraction of sp³-hybridized carbons (Fsp3) is 0.538. The van der Waals surface area contributed by atoms with Gasteiger partial charge in [0.25, 0.3) is 5.91 Å². The molecular weight excluding hydrogens is 287 g/mol. The zero-order valence-corrected chi connectivity index (χ0v) is 11.9. The standard InChI is InChI=1S/C13H18F3N3O2/c1-3-17-11-7-10(6-9(2)18-11)12(21)19(4-5-20)8-13(14,15)16/h6-7,20H,3-5,8H2,1-2H3,(H,17,18). The molecule has 1 aromatic rings. The molecule has 0 bridgehead atoms. The van der Waals surface area contributed by atoms with Crippen molar-refractivity contribution >= 4 is 11.7 Å². The molecule has 1 rings (SSSR count). The molecule has 118 valence electrons. The molecule has 1 amide bonds. The summed E-state index contributed by atoms with van der Waals surface area (Å²) in [6.45, 7) is 1.75. The molecule has 0 aromatic carbocycles. The third-order valence-electron chi connectivity index (χ3n) is 2.59. The highest BCUT2D eigenvalue weighted by Gasteiger charge is 2.33. The number of nitrogens with one attached hydrogen (secondary N) is 1. The van der Waals surface area contributed by atoms with E-state index in [1.165, 1.54) is 12.1 Å². The fourth-order valence-corrected chi connectivity index (χ4v) is 1.84. The lowest BCUT2D eigenvalue weighted by Gasteiger charge is -2.23. The van der Waals surface area contributed by atoms with Crippen LogP contribution in [0.5, 0.6) is 0 Å². The van der Waals surface area contributed by atoms with Crippen LogP contribution in [0.1, 0.15) is 23.0 Å². The van der Waals surface area contributed by atoms with Crippen LogP contribution in [0.2, 0.25) is 0 Å². The Labute approximate surface area is 120 Å². The number of alkyl halides is 3. The number of pyridine rings is 1. The van der Waals surface area contributed by atoms with Gasteiger partial charge < -0.3 is 15.3 Å². The third-order valence-corrected chi connectivity index (χ3v) is 2.59. The summed E-state index contributed by atoms with van der Waals surface area (Å²) in [6.07, 6.45) is -4.52. The Hall–Kier alpha value is -1.83. The van der Waals surface area contributed by atoms with E-state index in [2.05, 4.69) is 10.3 Å². The number of nitrogens with zero attached hydrogens (tertiary/aromatic N) is 2. The number of carbonyl (C=O) groups is 1. The minimum Gasteiger partial charge on any atom is -0.395 e. The molecular formula is C13H18F3N3O2. The zero-order valence-electron chi connectivity index (χ0n) is 11.9. The molecule has 1 heterocycles. The topological polar surface area (TPSA) is 65.5 Å². The highest BCUT2D eigenvalue weighted by atomic mass is 19.4. The molecule has 5 nitrogen and oxygen atoms in total. The largest absolute Gasteiger partial charge is 0.406 e. The van der Waals surface area contributed by atoms with Gasteiger partial charge in [0.15, 0.2) is 0 Å². The number of aliphatic hydroxyl groups excluding tert-OH is 1. The van der Waals surface area contributed by atoms with Crippen LogP contribution in [0.3, 0.4) is 0 Å². The van der Waals surface area contributed by atoms with Crippen molar-refractivity contribution in [3.8, 4) is 0 Å². The molecule has 0 aliphatic rings. The number of amides is 1. The molecule has 0 fully saturated rings. The van der Waals surface area contributed by atoms with E-state index in [0.29, 0.717) is 23.0 Å². The number of aliphatic hydroxyl groups is 1. The lowest BCUT2D eigenvalue weighted by atomic mass is 10.2. The lowest BCUT2D eigenvalue weighted by molar-refractivity contribution is -0.141. The number of carbonyl (C=O) groups excluding carboxylic acids is 1. The van der Waals surface area contributed by atoms with Gasteiger partial charge in [-0.25, -0.2) is 4.98 Å². The molecule has 0 aliphatic heterocycles. The van der Waals surface area contributed by atoms with E-state index in [1.807, 2.05) is 6.92 Å². The highest BCUT2D eigenvalue weighted by molar-refractivity contribution is 5.95. The van der Waals surface area contributed by atoms with Gasteiger partial charge in [0.05, 0.1) is 6.61 Å². The monoisotopic (exact) mass is 305 g/mol. The number of aromatic nitrogens is 1. The summed E-state index contributed by atoms with van der Waals surface area (Å²) in [7, 11) is 0. The van der Waals surface area contributed by atoms with Gasteiger partial charge in [0.1, 0.15) is 12.4 Å². The quantitative estimate of drug-likeness (QED) is 0.841. The first-order chi connectivity index (χ1) is 9.76. The van der Waals surface area contributed by atoms with Crippen LogP contribution in [-0.4, -0.2) is 53.3 Å².